The normalized spacial score (nSPS) is 11.6. The highest BCUT2D eigenvalue weighted by atomic mass is 35.5. The standard InChI is InChI=1S/C25H33ClN2O3/c1-4-6-16-27-25(30)23(5-2)28(18-19-10-9-12-21(17-19)31-3)24(29)15-14-20-11-7-8-13-22(20)26/h7-13,17,23H,4-6,14-16,18H2,1-3H3,(H,27,30)/t23-/m1/s1. The summed E-state index contributed by atoms with van der Waals surface area (Å²) in [7, 11) is 1.61. The quantitative estimate of drug-likeness (QED) is 0.468. The van der Waals surface area contributed by atoms with E-state index in [1.54, 1.807) is 12.0 Å². The molecule has 31 heavy (non-hydrogen) atoms. The lowest BCUT2D eigenvalue weighted by atomic mass is 10.1. The predicted molar refractivity (Wildman–Crippen MR) is 125 cm³/mol. The number of rotatable bonds is 12. The maximum absolute atomic E-state index is 13.3. The topological polar surface area (TPSA) is 58.6 Å². The summed E-state index contributed by atoms with van der Waals surface area (Å²) in [5.74, 6) is 0.548. The molecule has 5 nitrogen and oxygen atoms in total. The number of nitrogens with one attached hydrogen (secondary N) is 1. The van der Waals surface area contributed by atoms with Crippen LogP contribution in [0.4, 0.5) is 0 Å². The second kappa shape index (κ2) is 13.0. The maximum Gasteiger partial charge on any atom is 0.242 e. The molecule has 2 amide bonds. The minimum atomic E-state index is -0.526. The second-order valence-corrected chi connectivity index (χ2v) is 7.94. The zero-order chi connectivity index (χ0) is 22.6. The lowest BCUT2D eigenvalue weighted by Gasteiger charge is -2.31. The van der Waals surface area contributed by atoms with Crippen molar-refractivity contribution in [3.63, 3.8) is 0 Å². The van der Waals surface area contributed by atoms with Gasteiger partial charge in [0.2, 0.25) is 11.8 Å². The van der Waals surface area contributed by atoms with Crippen molar-refractivity contribution in [3.05, 3.63) is 64.7 Å². The zero-order valence-corrected chi connectivity index (χ0v) is 19.5. The van der Waals surface area contributed by atoms with Gasteiger partial charge in [0.1, 0.15) is 11.8 Å². The van der Waals surface area contributed by atoms with Crippen LogP contribution in [0, 0.1) is 0 Å². The number of hydrogen-bond donors (Lipinski definition) is 1. The molecule has 0 unspecified atom stereocenters. The minimum Gasteiger partial charge on any atom is -0.497 e. The van der Waals surface area contributed by atoms with Crippen molar-refractivity contribution in [2.24, 2.45) is 0 Å². The number of benzene rings is 2. The average Bonchev–Trinajstić information content (AvgIpc) is 2.78. The van der Waals surface area contributed by atoms with Crippen LogP contribution in [0.2, 0.25) is 5.02 Å². The highest BCUT2D eigenvalue weighted by molar-refractivity contribution is 6.31. The van der Waals surface area contributed by atoms with E-state index in [0.717, 1.165) is 29.7 Å². The van der Waals surface area contributed by atoms with Crippen molar-refractivity contribution in [1.82, 2.24) is 10.2 Å². The lowest BCUT2D eigenvalue weighted by molar-refractivity contribution is -0.141. The molecular weight excluding hydrogens is 412 g/mol. The fourth-order valence-electron chi connectivity index (χ4n) is 3.48. The Bertz CT molecular complexity index is 856. The molecule has 0 aliphatic heterocycles. The van der Waals surface area contributed by atoms with Crippen molar-refractivity contribution in [3.8, 4) is 5.75 Å². The molecule has 6 heteroatoms. The average molecular weight is 445 g/mol. The Morgan fingerprint density at radius 2 is 1.90 bits per heavy atom. The van der Waals surface area contributed by atoms with E-state index < -0.39 is 6.04 Å². The fourth-order valence-corrected chi connectivity index (χ4v) is 3.71. The first kappa shape index (κ1) is 24.7. The molecule has 0 aliphatic carbocycles. The molecule has 0 aliphatic rings. The Kier molecular flexibility index (Phi) is 10.4. The smallest absolute Gasteiger partial charge is 0.242 e. The van der Waals surface area contributed by atoms with E-state index in [4.69, 9.17) is 16.3 Å². The van der Waals surface area contributed by atoms with Gasteiger partial charge < -0.3 is 15.0 Å². The van der Waals surface area contributed by atoms with E-state index >= 15 is 0 Å². The zero-order valence-electron chi connectivity index (χ0n) is 18.7. The summed E-state index contributed by atoms with van der Waals surface area (Å²) in [5, 5.41) is 3.63. The van der Waals surface area contributed by atoms with Gasteiger partial charge in [-0.05, 0) is 48.6 Å². The van der Waals surface area contributed by atoms with Gasteiger partial charge in [-0.15, -0.1) is 0 Å². The third kappa shape index (κ3) is 7.59. The van der Waals surface area contributed by atoms with Gasteiger partial charge in [-0.1, -0.05) is 62.2 Å². The van der Waals surface area contributed by atoms with Crippen LogP contribution in [-0.4, -0.2) is 36.4 Å². The van der Waals surface area contributed by atoms with Crippen LogP contribution >= 0.6 is 11.6 Å². The van der Waals surface area contributed by atoms with E-state index in [-0.39, 0.29) is 18.2 Å². The number of carbonyl (C=O) groups excluding carboxylic acids is 2. The first-order chi connectivity index (χ1) is 15.0. The molecule has 0 fully saturated rings. The highest BCUT2D eigenvalue weighted by Crippen LogP contribution is 2.20. The molecule has 2 aromatic rings. The van der Waals surface area contributed by atoms with Gasteiger partial charge >= 0.3 is 0 Å². The largest absolute Gasteiger partial charge is 0.497 e. The Labute approximate surface area is 190 Å². The first-order valence-electron chi connectivity index (χ1n) is 10.9. The van der Waals surface area contributed by atoms with Crippen LogP contribution in [0.1, 0.15) is 50.7 Å². The molecule has 1 N–H and O–H groups in total. The molecule has 2 rings (SSSR count). The van der Waals surface area contributed by atoms with Crippen molar-refractivity contribution in [2.75, 3.05) is 13.7 Å². The SMILES string of the molecule is CCCCNC(=O)[C@@H](CC)N(Cc1cccc(OC)c1)C(=O)CCc1ccccc1Cl. The number of amides is 2. The lowest BCUT2D eigenvalue weighted by Crippen LogP contribution is -2.49. The Morgan fingerprint density at radius 3 is 2.58 bits per heavy atom. The van der Waals surface area contributed by atoms with Crippen LogP contribution < -0.4 is 10.1 Å². The van der Waals surface area contributed by atoms with Crippen LogP contribution in [0.5, 0.6) is 5.75 Å². The van der Waals surface area contributed by atoms with Crippen molar-refractivity contribution < 1.29 is 14.3 Å². The van der Waals surface area contributed by atoms with Crippen LogP contribution in [0.25, 0.3) is 0 Å². The van der Waals surface area contributed by atoms with Crippen molar-refractivity contribution in [1.29, 1.82) is 0 Å². The van der Waals surface area contributed by atoms with Crippen molar-refractivity contribution in [2.45, 2.75) is 58.5 Å². The van der Waals surface area contributed by atoms with E-state index in [1.807, 2.05) is 55.5 Å². The van der Waals surface area contributed by atoms with Gasteiger partial charge in [-0.25, -0.2) is 0 Å². The molecule has 1 atom stereocenters. The van der Waals surface area contributed by atoms with E-state index in [2.05, 4.69) is 12.2 Å². The summed E-state index contributed by atoms with van der Waals surface area (Å²) >= 11 is 6.26. The Hall–Kier alpha value is -2.53. The number of halogens is 1. The summed E-state index contributed by atoms with van der Waals surface area (Å²) in [6.07, 6.45) is 3.27. The molecule has 0 aromatic heterocycles. The third-order valence-electron chi connectivity index (χ3n) is 5.27. The number of carbonyl (C=O) groups is 2. The molecule has 0 saturated heterocycles. The second-order valence-electron chi connectivity index (χ2n) is 7.53. The van der Waals surface area contributed by atoms with Gasteiger partial charge in [0.05, 0.1) is 7.11 Å². The molecule has 0 bridgehead atoms. The molecule has 0 saturated carbocycles. The third-order valence-corrected chi connectivity index (χ3v) is 5.64. The minimum absolute atomic E-state index is 0.0692. The number of ether oxygens (including phenoxy) is 1. The summed E-state index contributed by atoms with van der Waals surface area (Å²) in [6.45, 7) is 4.98. The van der Waals surface area contributed by atoms with Gasteiger partial charge in [0, 0.05) is 24.5 Å². The molecular formula is C25H33ClN2O3. The van der Waals surface area contributed by atoms with E-state index in [9.17, 15) is 9.59 Å². The summed E-state index contributed by atoms with van der Waals surface area (Å²) in [6, 6.07) is 14.6. The molecule has 0 spiro atoms. The number of unbranched alkanes of at least 4 members (excludes halogenated alkanes) is 1. The molecule has 168 valence electrons. The van der Waals surface area contributed by atoms with E-state index in [1.165, 1.54) is 0 Å². The first-order valence-corrected chi connectivity index (χ1v) is 11.3. The predicted octanol–water partition coefficient (Wildman–Crippen LogP) is 5.00. The summed E-state index contributed by atoms with van der Waals surface area (Å²) in [4.78, 5) is 27.9. The number of aryl methyl sites for hydroxylation is 1. The Morgan fingerprint density at radius 1 is 1.13 bits per heavy atom. The maximum atomic E-state index is 13.3. The van der Waals surface area contributed by atoms with Gasteiger partial charge in [0.15, 0.2) is 0 Å². The van der Waals surface area contributed by atoms with E-state index in [0.29, 0.717) is 31.0 Å². The number of methoxy groups -OCH3 is 1. The molecule has 0 heterocycles. The number of hydrogen-bond acceptors (Lipinski definition) is 3. The molecule has 0 radical (unpaired) electrons. The Balaban J connectivity index is 2.21. The fraction of sp³-hybridized carbons (Fsp3) is 0.440. The van der Waals surface area contributed by atoms with Crippen LogP contribution in [-0.2, 0) is 22.6 Å². The van der Waals surface area contributed by atoms with Crippen LogP contribution in [0.3, 0.4) is 0 Å². The van der Waals surface area contributed by atoms with Gasteiger partial charge in [-0.2, -0.15) is 0 Å². The van der Waals surface area contributed by atoms with Gasteiger partial charge in [0.25, 0.3) is 0 Å². The summed E-state index contributed by atoms with van der Waals surface area (Å²) in [5.41, 5.74) is 1.85. The van der Waals surface area contributed by atoms with Crippen molar-refractivity contribution >= 4 is 23.4 Å². The summed E-state index contributed by atoms with van der Waals surface area (Å²) < 4.78 is 5.32. The molecule has 2 aromatic carbocycles. The van der Waals surface area contributed by atoms with Gasteiger partial charge in [-0.3, -0.25) is 9.59 Å². The highest BCUT2D eigenvalue weighted by Gasteiger charge is 2.28. The number of nitrogens with zero attached hydrogens (tertiary/aromatic N) is 1. The van der Waals surface area contributed by atoms with Crippen LogP contribution in [0.15, 0.2) is 48.5 Å². The monoisotopic (exact) mass is 444 g/mol.